The Bertz CT molecular complexity index is 618. The number of aromatic nitrogens is 2. The molecule has 1 aliphatic rings. The zero-order valence-electron chi connectivity index (χ0n) is 11.2. The van der Waals surface area contributed by atoms with E-state index in [-0.39, 0.29) is 12.5 Å². The first-order valence-electron chi connectivity index (χ1n) is 6.74. The monoisotopic (exact) mass is 297 g/mol. The Morgan fingerprint density at radius 1 is 1.33 bits per heavy atom. The number of alkyl halides is 3. The Kier molecular flexibility index (Phi) is 3.67. The maximum Gasteiger partial charge on any atom is 0.416 e. The number of hydrogen-bond acceptors (Lipinski definition) is 4. The van der Waals surface area contributed by atoms with Crippen molar-refractivity contribution in [2.45, 2.75) is 31.5 Å². The highest BCUT2D eigenvalue weighted by molar-refractivity contribution is 5.27. The molecule has 2 heterocycles. The van der Waals surface area contributed by atoms with E-state index in [0.717, 1.165) is 31.5 Å². The number of rotatable bonds is 3. The van der Waals surface area contributed by atoms with Crippen molar-refractivity contribution < 1.29 is 17.7 Å². The first kappa shape index (κ1) is 14.1. The first-order chi connectivity index (χ1) is 10.0. The van der Waals surface area contributed by atoms with Gasteiger partial charge in [0.15, 0.2) is 5.82 Å². The summed E-state index contributed by atoms with van der Waals surface area (Å²) in [6, 6.07) is 5.24. The molecule has 1 aromatic carbocycles. The highest BCUT2D eigenvalue weighted by Crippen LogP contribution is 2.30. The summed E-state index contributed by atoms with van der Waals surface area (Å²) >= 11 is 0. The second-order valence-electron chi connectivity index (χ2n) is 5.07. The van der Waals surface area contributed by atoms with Crippen LogP contribution < -0.4 is 5.32 Å². The van der Waals surface area contributed by atoms with Crippen LogP contribution in [0.15, 0.2) is 28.8 Å². The third-order valence-corrected chi connectivity index (χ3v) is 3.46. The molecule has 4 nitrogen and oxygen atoms in total. The van der Waals surface area contributed by atoms with Gasteiger partial charge >= 0.3 is 6.18 Å². The fourth-order valence-corrected chi connectivity index (χ4v) is 2.42. The molecular formula is C14H14F3N3O. The fraction of sp³-hybridized carbons (Fsp3) is 0.429. The van der Waals surface area contributed by atoms with Gasteiger partial charge in [0, 0.05) is 6.42 Å². The third-order valence-electron chi connectivity index (χ3n) is 3.46. The van der Waals surface area contributed by atoms with Gasteiger partial charge in [-0.05, 0) is 31.0 Å². The van der Waals surface area contributed by atoms with E-state index in [2.05, 4.69) is 15.5 Å². The minimum absolute atomic E-state index is 0.0627. The molecule has 1 aliphatic heterocycles. The Morgan fingerprint density at radius 3 is 2.90 bits per heavy atom. The van der Waals surface area contributed by atoms with Gasteiger partial charge in [0.25, 0.3) is 0 Å². The summed E-state index contributed by atoms with van der Waals surface area (Å²) < 4.78 is 43.1. The third kappa shape index (κ3) is 3.24. The molecule has 0 aliphatic carbocycles. The van der Waals surface area contributed by atoms with Gasteiger partial charge in [-0.1, -0.05) is 23.4 Å². The van der Waals surface area contributed by atoms with Crippen LogP contribution in [0.1, 0.15) is 41.7 Å². The van der Waals surface area contributed by atoms with Gasteiger partial charge in [0.2, 0.25) is 5.89 Å². The smallest absolute Gasteiger partial charge is 0.338 e. The van der Waals surface area contributed by atoms with Crippen molar-refractivity contribution in [3.8, 4) is 0 Å². The quantitative estimate of drug-likeness (QED) is 0.946. The summed E-state index contributed by atoms with van der Waals surface area (Å²) in [5.41, 5.74) is -0.155. The van der Waals surface area contributed by atoms with E-state index in [4.69, 9.17) is 4.52 Å². The summed E-state index contributed by atoms with van der Waals surface area (Å²) in [4.78, 5) is 4.26. The zero-order valence-corrected chi connectivity index (χ0v) is 11.2. The summed E-state index contributed by atoms with van der Waals surface area (Å²) in [6.07, 6.45) is -2.13. The van der Waals surface area contributed by atoms with E-state index in [9.17, 15) is 13.2 Å². The van der Waals surface area contributed by atoms with Crippen molar-refractivity contribution in [3.63, 3.8) is 0 Å². The van der Waals surface area contributed by atoms with Crippen molar-refractivity contribution in [2.75, 3.05) is 6.54 Å². The number of benzene rings is 1. The molecular weight excluding hydrogens is 283 g/mol. The lowest BCUT2D eigenvalue weighted by Crippen LogP contribution is -2.13. The van der Waals surface area contributed by atoms with Crippen LogP contribution in [-0.2, 0) is 12.6 Å². The highest BCUT2D eigenvalue weighted by Gasteiger charge is 2.30. The second-order valence-corrected chi connectivity index (χ2v) is 5.07. The van der Waals surface area contributed by atoms with Gasteiger partial charge in [-0.25, -0.2) is 0 Å². The summed E-state index contributed by atoms with van der Waals surface area (Å²) in [5, 5.41) is 7.07. The van der Waals surface area contributed by atoms with Crippen molar-refractivity contribution in [3.05, 3.63) is 47.1 Å². The van der Waals surface area contributed by atoms with Crippen LogP contribution in [-0.4, -0.2) is 16.7 Å². The first-order valence-corrected chi connectivity index (χ1v) is 6.74. The van der Waals surface area contributed by atoms with Crippen molar-refractivity contribution >= 4 is 0 Å². The minimum Gasteiger partial charge on any atom is -0.338 e. The molecule has 112 valence electrons. The van der Waals surface area contributed by atoms with E-state index >= 15 is 0 Å². The van der Waals surface area contributed by atoms with E-state index in [0.29, 0.717) is 17.3 Å². The van der Waals surface area contributed by atoms with Crippen LogP contribution in [0.3, 0.4) is 0 Å². The normalized spacial score (nSPS) is 19.1. The Labute approximate surface area is 119 Å². The maximum atomic E-state index is 12.7. The molecule has 0 unspecified atom stereocenters. The van der Waals surface area contributed by atoms with Crippen LogP contribution in [0.5, 0.6) is 0 Å². The van der Waals surface area contributed by atoms with Gasteiger partial charge in [-0.3, -0.25) is 0 Å². The predicted molar refractivity (Wildman–Crippen MR) is 68.5 cm³/mol. The molecule has 0 bridgehead atoms. The van der Waals surface area contributed by atoms with Crippen LogP contribution in [0.4, 0.5) is 13.2 Å². The number of nitrogens with one attached hydrogen (secondary N) is 1. The van der Waals surface area contributed by atoms with Crippen molar-refractivity contribution in [2.24, 2.45) is 0 Å². The lowest BCUT2D eigenvalue weighted by Gasteiger charge is -2.07. The van der Waals surface area contributed by atoms with Gasteiger partial charge in [-0.15, -0.1) is 0 Å². The summed E-state index contributed by atoms with van der Waals surface area (Å²) in [7, 11) is 0. The van der Waals surface area contributed by atoms with Gasteiger partial charge in [0.1, 0.15) is 0 Å². The molecule has 3 rings (SSSR count). The van der Waals surface area contributed by atoms with E-state index < -0.39 is 11.7 Å². The molecule has 1 aromatic heterocycles. The summed E-state index contributed by atoms with van der Waals surface area (Å²) in [5.74, 6) is 0.910. The molecule has 0 saturated carbocycles. The van der Waals surface area contributed by atoms with E-state index in [1.165, 1.54) is 6.07 Å². The standard InChI is InChI=1S/C14H14F3N3O/c15-14(16,17)10-4-1-3-9(7-10)8-12-19-13(21-20-12)11-5-2-6-18-11/h1,3-4,7,11,18H,2,5-6,8H2/t11-/m1/s1. The Hall–Kier alpha value is -1.89. The van der Waals surface area contributed by atoms with Gasteiger partial charge in [-0.2, -0.15) is 18.2 Å². The molecule has 1 saturated heterocycles. The predicted octanol–water partition coefficient (Wildman–Crippen LogP) is 3.10. The van der Waals surface area contributed by atoms with E-state index in [1.54, 1.807) is 6.07 Å². The van der Waals surface area contributed by atoms with Gasteiger partial charge < -0.3 is 9.84 Å². The number of nitrogens with zero attached hydrogens (tertiary/aromatic N) is 2. The Morgan fingerprint density at radius 2 is 2.19 bits per heavy atom. The highest BCUT2D eigenvalue weighted by atomic mass is 19.4. The van der Waals surface area contributed by atoms with Crippen LogP contribution in [0.25, 0.3) is 0 Å². The molecule has 2 aromatic rings. The maximum absolute atomic E-state index is 12.7. The van der Waals surface area contributed by atoms with Crippen LogP contribution in [0.2, 0.25) is 0 Å². The SMILES string of the molecule is FC(F)(F)c1cccc(Cc2noc([C@H]3CCCN3)n2)c1. The summed E-state index contributed by atoms with van der Waals surface area (Å²) in [6.45, 7) is 0.913. The van der Waals surface area contributed by atoms with Gasteiger partial charge in [0.05, 0.1) is 11.6 Å². The lowest BCUT2D eigenvalue weighted by molar-refractivity contribution is -0.137. The molecule has 1 N–H and O–H groups in total. The topological polar surface area (TPSA) is 51.0 Å². The Balaban J connectivity index is 1.74. The van der Waals surface area contributed by atoms with Crippen molar-refractivity contribution in [1.82, 2.24) is 15.5 Å². The average Bonchev–Trinajstić information content (AvgIpc) is 3.08. The fourth-order valence-electron chi connectivity index (χ4n) is 2.42. The molecule has 1 atom stereocenters. The molecule has 21 heavy (non-hydrogen) atoms. The van der Waals surface area contributed by atoms with E-state index in [1.807, 2.05) is 0 Å². The second kappa shape index (κ2) is 5.48. The number of hydrogen-bond donors (Lipinski definition) is 1. The van der Waals surface area contributed by atoms with Crippen LogP contribution >= 0.6 is 0 Å². The van der Waals surface area contributed by atoms with Crippen LogP contribution in [0, 0.1) is 0 Å². The minimum atomic E-state index is -4.34. The molecule has 1 fully saturated rings. The molecule has 7 heteroatoms. The molecule has 0 radical (unpaired) electrons. The average molecular weight is 297 g/mol. The largest absolute Gasteiger partial charge is 0.416 e. The molecule has 0 spiro atoms. The number of halogens is 3. The van der Waals surface area contributed by atoms with Crippen molar-refractivity contribution in [1.29, 1.82) is 0 Å². The molecule has 0 amide bonds. The lowest BCUT2D eigenvalue weighted by atomic mass is 10.1. The zero-order chi connectivity index (χ0) is 14.9.